The van der Waals surface area contributed by atoms with Gasteiger partial charge in [-0.3, -0.25) is 4.57 Å². The number of likely N-dealkylation sites (N-methyl/N-ethyl adjacent to an activating group) is 1. The van der Waals surface area contributed by atoms with E-state index in [0.29, 0.717) is 12.1 Å². The third-order valence-electron chi connectivity index (χ3n) is 4.23. The van der Waals surface area contributed by atoms with Crippen molar-refractivity contribution in [2.24, 2.45) is 0 Å². The van der Waals surface area contributed by atoms with Gasteiger partial charge < -0.3 is 9.80 Å². The summed E-state index contributed by atoms with van der Waals surface area (Å²) in [5.41, 5.74) is 0. The summed E-state index contributed by atoms with van der Waals surface area (Å²) in [7, 11) is 2.21. The van der Waals surface area contributed by atoms with Crippen molar-refractivity contribution in [1.82, 2.24) is 19.7 Å². The molecule has 1 unspecified atom stereocenters. The molecule has 2 heterocycles. The van der Waals surface area contributed by atoms with E-state index in [1.165, 1.54) is 25.8 Å². The Balaban J connectivity index is 1.92. The van der Waals surface area contributed by atoms with Gasteiger partial charge in [-0.25, -0.2) is 5.10 Å². The molecule has 0 spiro atoms. The molecule has 0 amide bonds. The summed E-state index contributed by atoms with van der Waals surface area (Å²) in [4.78, 5) is 4.89. The second-order valence-electron chi connectivity index (χ2n) is 5.80. The predicted octanol–water partition coefficient (Wildman–Crippen LogP) is 2.20. The standard InChI is InChI=1S/C13H23N5S/c1-3-10-9-16(2)7-4-8-17(10)12-14-15-13(19)18(12)11-5-6-11/h10-11H,3-9H2,1-2H3,(H,15,19). The molecule has 0 radical (unpaired) electrons. The molecule has 1 aromatic heterocycles. The van der Waals surface area contributed by atoms with Crippen LogP contribution in [0.25, 0.3) is 0 Å². The lowest BCUT2D eigenvalue weighted by molar-refractivity contribution is 0.327. The minimum atomic E-state index is 0.537. The molecule has 1 N–H and O–H groups in total. The molecule has 2 aliphatic rings. The fourth-order valence-corrected chi connectivity index (χ4v) is 3.29. The third-order valence-corrected chi connectivity index (χ3v) is 4.52. The fraction of sp³-hybridized carbons (Fsp3) is 0.846. The average molecular weight is 281 g/mol. The van der Waals surface area contributed by atoms with Crippen molar-refractivity contribution in [1.29, 1.82) is 0 Å². The fourth-order valence-electron chi connectivity index (χ4n) is 3.02. The first-order valence-corrected chi connectivity index (χ1v) is 7.73. The van der Waals surface area contributed by atoms with Gasteiger partial charge in [-0.1, -0.05) is 6.92 Å². The molecule has 1 atom stereocenters. The first-order chi connectivity index (χ1) is 9.20. The Bertz CT molecular complexity index is 489. The van der Waals surface area contributed by atoms with Gasteiger partial charge in [-0.05, 0) is 51.5 Å². The van der Waals surface area contributed by atoms with E-state index >= 15 is 0 Å². The summed E-state index contributed by atoms with van der Waals surface area (Å²) in [6.07, 6.45) is 4.82. The zero-order chi connectivity index (χ0) is 13.4. The summed E-state index contributed by atoms with van der Waals surface area (Å²) in [6, 6.07) is 1.12. The number of nitrogens with one attached hydrogen (secondary N) is 1. The van der Waals surface area contributed by atoms with Crippen molar-refractivity contribution in [3.63, 3.8) is 0 Å². The summed E-state index contributed by atoms with van der Waals surface area (Å²) < 4.78 is 3.02. The van der Waals surface area contributed by atoms with Gasteiger partial charge in [-0.2, -0.15) is 0 Å². The lowest BCUT2D eigenvalue weighted by Crippen LogP contribution is -2.41. The van der Waals surface area contributed by atoms with Crippen LogP contribution in [0.5, 0.6) is 0 Å². The number of hydrogen-bond acceptors (Lipinski definition) is 4. The van der Waals surface area contributed by atoms with Crippen LogP contribution in [0.15, 0.2) is 0 Å². The van der Waals surface area contributed by atoms with Crippen molar-refractivity contribution < 1.29 is 0 Å². The first-order valence-electron chi connectivity index (χ1n) is 7.32. The highest BCUT2D eigenvalue weighted by molar-refractivity contribution is 7.71. The van der Waals surface area contributed by atoms with Crippen LogP contribution in [0.4, 0.5) is 5.95 Å². The zero-order valence-corrected chi connectivity index (χ0v) is 12.6. The van der Waals surface area contributed by atoms with Crippen LogP contribution < -0.4 is 4.90 Å². The molecule has 1 aromatic rings. The largest absolute Gasteiger partial charge is 0.337 e. The summed E-state index contributed by atoms with van der Waals surface area (Å²) in [5.74, 6) is 1.06. The third kappa shape index (κ3) is 2.56. The van der Waals surface area contributed by atoms with Crippen LogP contribution in [-0.4, -0.2) is 52.4 Å². The van der Waals surface area contributed by atoms with Crippen LogP contribution in [0.2, 0.25) is 0 Å². The van der Waals surface area contributed by atoms with E-state index in [1.807, 2.05) is 0 Å². The van der Waals surface area contributed by atoms with E-state index in [1.54, 1.807) is 0 Å². The molecule has 3 rings (SSSR count). The highest BCUT2D eigenvalue weighted by Crippen LogP contribution is 2.38. The number of H-pyrrole nitrogens is 1. The molecule has 1 aliphatic carbocycles. The number of aromatic amines is 1. The van der Waals surface area contributed by atoms with Crippen LogP contribution in [-0.2, 0) is 0 Å². The maximum atomic E-state index is 5.40. The maximum absolute atomic E-state index is 5.40. The number of hydrogen-bond donors (Lipinski definition) is 1. The van der Waals surface area contributed by atoms with Gasteiger partial charge in [0, 0.05) is 25.2 Å². The topological polar surface area (TPSA) is 40.1 Å². The van der Waals surface area contributed by atoms with Crippen LogP contribution >= 0.6 is 12.2 Å². The molecule has 1 saturated carbocycles. The zero-order valence-electron chi connectivity index (χ0n) is 11.8. The Morgan fingerprint density at radius 2 is 2.16 bits per heavy atom. The lowest BCUT2D eigenvalue weighted by atomic mass is 10.2. The minimum absolute atomic E-state index is 0.537. The second kappa shape index (κ2) is 5.25. The Labute approximate surface area is 119 Å². The molecule has 0 aromatic carbocycles. The van der Waals surface area contributed by atoms with Crippen molar-refractivity contribution in [3.8, 4) is 0 Å². The molecule has 5 nitrogen and oxygen atoms in total. The van der Waals surface area contributed by atoms with Gasteiger partial charge in [0.25, 0.3) is 0 Å². The van der Waals surface area contributed by atoms with Crippen molar-refractivity contribution in [2.75, 3.05) is 31.6 Å². The molecular weight excluding hydrogens is 258 g/mol. The quantitative estimate of drug-likeness (QED) is 0.862. The normalized spacial score (nSPS) is 25.6. The van der Waals surface area contributed by atoms with Gasteiger partial charge in [-0.15, -0.1) is 5.10 Å². The van der Waals surface area contributed by atoms with E-state index in [4.69, 9.17) is 12.2 Å². The summed E-state index contributed by atoms with van der Waals surface area (Å²) in [5, 5.41) is 7.51. The molecule has 19 heavy (non-hydrogen) atoms. The van der Waals surface area contributed by atoms with Gasteiger partial charge in [0.05, 0.1) is 0 Å². The monoisotopic (exact) mass is 281 g/mol. The SMILES string of the molecule is CCC1CN(C)CCCN1c1n[nH]c(=S)n1C1CC1. The van der Waals surface area contributed by atoms with Crippen molar-refractivity contribution >= 4 is 18.2 Å². The van der Waals surface area contributed by atoms with Crippen LogP contribution in [0.3, 0.4) is 0 Å². The van der Waals surface area contributed by atoms with E-state index in [-0.39, 0.29) is 0 Å². The Hall–Kier alpha value is -0.880. The molecule has 6 heteroatoms. The molecule has 0 bridgehead atoms. The molecule has 2 fully saturated rings. The molecule has 1 aliphatic heterocycles. The maximum Gasteiger partial charge on any atom is 0.226 e. The van der Waals surface area contributed by atoms with E-state index < -0.39 is 0 Å². The summed E-state index contributed by atoms with van der Waals surface area (Å²) in [6.45, 7) is 5.62. The van der Waals surface area contributed by atoms with Gasteiger partial charge in [0.1, 0.15) is 0 Å². The summed E-state index contributed by atoms with van der Waals surface area (Å²) >= 11 is 5.40. The van der Waals surface area contributed by atoms with Crippen LogP contribution in [0, 0.1) is 4.77 Å². The van der Waals surface area contributed by atoms with Crippen molar-refractivity contribution in [3.05, 3.63) is 4.77 Å². The van der Waals surface area contributed by atoms with Gasteiger partial charge in [0.15, 0.2) is 4.77 Å². The highest BCUT2D eigenvalue weighted by atomic mass is 32.1. The highest BCUT2D eigenvalue weighted by Gasteiger charge is 2.32. The molecular formula is C13H23N5S. The molecule has 106 valence electrons. The lowest BCUT2D eigenvalue weighted by Gasteiger charge is -2.31. The first kappa shape index (κ1) is 13.1. The Kier molecular flexibility index (Phi) is 3.62. The molecule has 1 saturated heterocycles. The Morgan fingerprint density at radius 3 is 2.84 bits per heavy atom. The van der Waals surface area contributed by atoms with Crippen LogP contribution in [0.1, 0.15) is 38.6 Å². The van der Waals surface area contributed by atoms with Gasteiger partial charge >= 0.3 is 0 Å². The smallest absolute Gasteiger partial charge is 0.226 e. The Morgan fingerprint density at radius 1 is 1.37 bits per heavy atom. The van der Waals surface area contributed by atoms with E-state index in [9.17, 15) is 0 Å². The van der Waals surface area contributed by atoms with E-state index in [0.717, 1.165) is 30.2 Å². The number of aromatic nitrogens is 3. The second-order valence-corrected chi connectivity index (χ2v) is 6.19. The number of nitrogens with zero attached hydrogens (tertiary/aromatic N) is 4. The number of anilines is 1. The minimum Gasteiger partial charge on any atom is -0.337 e. The van der Waals surface area contributed by atoms with Crippen molar-refractivity contribution in [2.45, 2.75) is 44.7 Å². The van der Waals surface area contributed by atoms with Gasteiger partial charge in [0.2, 0.25) is 5.95 Å². The average Bonchev–Trinajstić information content (AvgIpc) is 3.18. The van der Waals surface area contributed by atoms with E-state index in [2.05, 4.69) is 38.5 Å². The predicted molar refractivity (Wildman–Crippen MR) is 79.2 cm³/mol. The number of rotatable bonds is 3.